The lowest BCUT2D eigenvalue weighted by Crippen LogP contribution is -2.12. The highest BCUT2D eigenvalue weighted by atomic mass is 19.1. The van der Waals surface area contributed by atoms with Gasteiger partial charge in [0.2, 0.25) is 0 Å². The summed E-state index contributed by atoms with van der Waals surface area (Å²) < 4.78 is 13.4. The molecule has 0 unspecified atom stereocenters. The van der Waals surface area contributed by atoms with Crippen LogP contribution in [0.4, 0.5) is 10.1 Å². The van der Waals surface area contributed by atoms with Crippen molar-refractivity contribution in [1.82, 2.24) is 0 Å². The minimum absolute atomic E-state index is 0.0916. The van der Waals surface area contributed by atoms with Gasteiger partial charge in [-0.15, -0.1) is 0 Å². The van der Waals surface area contributed by atoms with E-state index in [1.165, 1.54) is 6.07 Å². The van der Waals surface area contributed by atoms with Crippen LogP contribution >= 0.6 is 0 Å². The number of carbonyl (C=O) groups excluding carboxylic acids is 1. The fourth-order valence-electron chi connectivity index (χ4n) is 1.82. The highest BCUT2D eigenvalue weighted by molar-refractivity contribution is 6.04. The van der Waals surface area contributed by atoms with Crippen molar-refractivity contribution in [2.75, 3.05) is 11.9 Å². The third-order valence-corrected chi connectivity index (χ3v) is 3.05. The zero-order valence-corrected chi connectivity index (χ0v) is 11.2. The van der Waals surface area contributed by atoms with Gasteiger partial charge in [0.25, 0.3) is 5.91 Å². The largest absolute Gasteiger partial charge is 0.396 e. The number of hydrogen-bond donors (Lipinski definition) is 2. The van der Waals surface area contributed by atoms with Crippen LogP contribution in [0.2, 0.25) is 0 Å². The number of aliphatic hydroxyl groups is 1. The normalized spacial score (nSPS) is 10.3. The summed E-state index contributed by atoms with van der Waals surface area (Å²) in [5.74, 6) is -0.741. The predicted molar refractivity (Wildman–Crippen MR) is 76.3 cm³/mol. The summed E-state index contributed by atoms with van der Waals surface area (Å²) in [6.07, 6.45) is 0.581. The van der Waals surface area contributed by atoms with Gasteiger partial charge in [-0.25, -0.2) is 4.39 Å². The molecule has 20 heavy (non-hydrogen) atoms. The van der Waals surface area contributed by atoms with Gasteiger partial charge in [-0.1, -0.05) is 18.2 Å². The topological polar surface area (TPSA) is 49.3 Å². The summed E-state index contributed by atoms with van der Waals surface area (Å²) in [5, 5.41) is 11.5. The molecule has 1 amide bonds. The molecular weight excluding hydrogens is 257 g/mol. The molecular formula is C16H16FNO2. The van der Waals surface area contributed by atoms with Crippen LogP contribution in [0.15, 0.2) is 42.5 Å². The van der Waals surface area contributed by atoms with Crippen LogP contribution in [0.1, 0.15) is 21.5 Å². The van der Waals surface area contributed by atoms with E-state index in [0.29, 0.717) is 17.7 Å². The lowest BCUT2D eigenvalue weighted by Gasteiger charge is -2.07. The Balaban J connectivity index is 2.08. The number of benzene rings is 2. The molecule has 0 fully saturated rings. The van der Waals surface area contributed by atoms with E-state index in [-0.39, 0.29) is 18.1 Å². The molecule has 0 aromatic heterocycles. The molecule has 0 atom stereocenters. The maximum absolute atomic E-state index is 13.4. The quantitative estimate of drug-likeness (QED) is 0.900. The van der Waals surface area contributed by atoms with Crippen LogP contribution in [0.25, 0.3) is 0 Å². The number of rotatable bonds is 4. The van der Waals surface area contributed by atoms with E-state index in [1.807, 2.05) is 12.1 Å². The fourth-order valence-corrected chi connectivity index (χ4v) is 1.82. The standard InChI is InChI=1S/C16H16FNO2/c1-11-2-5-13(10-15(11)17)16(20)18-14-6-3-12(4-7-14)8-9-19/h2-7,10,19H,8-9H2,1H3,(H,18,20). The fraction of sp³-hybridized carbons (Fsp3) is 0.188. The van der Waals surface area contributed by atoms with E-state index in [9.17, 15) is 9.18 Å². The summed E-state index contributed by atoms with van der Waals surface area (Å²) in [5.41, 5.74) is 2.42. The first kappa shape index (κ1) is 14.2. The first-order valence-electron chi connectivity index (χ1n) is 6.37. The Morgan fingerprint density at radius 2 is 1.90 bits per heavy atom. The van der Waals surface area contributed by atoms with Gasteiger partial charge >= 0.3 is 0 Å². The van der Waals surface area contributed by atoms with Crippen molar-refractivity contribution < 1.29 is 14.3 Å². The van der Waals surface area contributed by atoms with Crippen molar-refractivity contribution in [3.8, 4) is 0 Å². The van der Waals surface area contributed by atoms with E-state index >= 15 is 0 Å². The summed E-state index contributed by atoms with van der Waals surface area (Å²) >= 11 is 0. The first-order chi connectivity index (χ1) is 9.60. The number of carbonyl (C=O) groups is 1. The molecule has 0 bridgehead atoms. The average Bonchev–Trinajstić information content (AvgIpc) is 2.44. The Bertz CT molecular complexity index is 608. The second kappa shape index (κ2) is 6.30. The predicted octanol–water partition coefficient (Wildman–Crippen LogP) is 2.92. The number of anilines is 1. The van der Waals surface area contributed by atoms with Gasteiger partial charge in [0, 0.05) is 17.9 Å². The average molecular weight is 273 g/mol. The molecule has 2 aromatic carbocycles. The summed E-state index contributed by atoms with van der Waals surface area (Å²) in [6.45, 7) is 1.74. The monoisotopic (exact) mass is 273 g/mol. The molecule has 0 radical (unpaired) electrons. The lowest BCUT2D eigenvalue weighted by molar-refractivity contribution is 0.102. The van der Waals surface area contributed by atoms with Crippen LogP contribution in [-0.2, 0) is 6.42 Å². The van der Waals surface area contributed by atoms with Gasteiger partial charge in [-0.3, -0.25) is 4.79 Å². The van der Waals surface area contributed by atoms with Gasteiger partial charge in [-0.05, 0) is 48.7 Å². The number of hydrogen-bond acceptors (Lipinski definition) is 2. The smallest absolute Gasteiger partial charge is 0.255 e. The van der Waals surface area contributed by atoms with Crippen LogP contribution in [0, 0.1) is 12.7 Å². The highest BCUT2D eigenvalue weighted by Gasteiger charge is 2.08. The number of aliphatic hydroxyl groups excluding tert-OH is 1. The molecule has 0 aliphatic heterocycles. The molecule has 0 heterocycles. The van der Waals surface area contributed by atoms with Crippen molar-refractivity contribution in [3.63, 3.8) is 0 Å². The molecule has 0 aliphatic rings. The third-order valence-electron chi connectivity index (χ3n) is 3.05. The molecule has 0 saturated carbocycles. The van der Waals surface area contributed by atoms with Crippen LogP contribution in [-0.4, -0.2) is 17.6 Å². The van der Waals surface area contributed by atoms with E-state index in [4.69, 9.17) is 5.11 Å². The molecule has 2 rings (SSSR count). The molecule has 3 nitrogen and oxygen atoms in total. The van der Waals surface area contributed by atoms with Crippen molar-refractivity contribution in [2.45, 2.75) is 13.3 Å². The molecule has 0 spiro atoms. The van der Waals surface area contributed by atoms with E-state index in [1.54, 1.807) is 31.2 Å². The molecule has 104 valence electrons. The highest BCUT2D eigenvalue weighted by Crippen LogP contribution is 2.14. The third kappa shape index (κ3) is 3.42. The van der Waals surface area contributed by atoms with Crippen molar-refractivity contribution in [3.05, 3.63) is 65.0 Å². The Morgan fingerprint density at radius 3 is 2.50 bits per heavy atom. The summed E-state index contributed by atoms with van der Waals surface area (Å²) in [7, 11) is 0. The van der Waals surface area contributed by atoms with E-state index in [0.717, 1.165) is 5.56 Å². The van der Waals surface area contributed by atoms with Gasteiger partial charge in [0.1, 0.15) is 5.82 Å². The SMILES string of the molecule is Cc1ccc(C(=O)Nc2ccc(CCO)cc2)cc1F. The minimum atomic E-state index is -0.393. The number of aryl methyl sites for hydroxylation is 1. The van der Waals surface area contributed by atoms with Gasteiger partial charge in [0.05, 0.1) is 0 Å². The number of nitrogens with one attached hydrogen (secondary N) is 1. The maximum atomic E-state index is 13.4. The number of halogens is 1. The molecule has 0 saturated heterocycles. The van der Waals surface area contributed by atoms with Crippen LogP contribution < -0.4 is 5.32 Å². The van der Waals surface area contributed by atoms with Gasteiger partial charge in [0.15, 0.2) is 0 Å². The Hall–Kier alpha value is -2.20. The second-order valence-corrected chi connectivity index (χ2v) is 4.59. The molecule has 4 heteroatoms. The second-order valence-electron chi connectivity index (χ2n) is 4.59. The van der Waals surface area contributed by atoms with Crippen LogP contribution in [0.5, 0.6) is 0 Å². The van der Waals surface area contributed by atoms with Crippen molar-refractivity contribution >= 4 is 11.6 Å². The minimum Gasteiger partial charge on any atom is -0.396 e. The Kier molecular flexibility index (Phi) is 4.48. The lowest BCUT2D eigenvalue weighted by atomic mass is 10.1. The van der Waals surface area contributed by atoms with E-state index < -0.39 is 5.82 Å². The zero-order valence-electron chi connectivity index (χ0n) is 11.2. The maximum Gasteiger partial charge on any atom is 0.255 e. The Labute approximate surface area is 117 Å². The van der Waals surface area contributed by atoms with Crippen molar-refractivity contribution in [2.24, 2.45) is 0 Å². The van der Waals surface area contributed by atoms with Gasteiger partial charge in [-0.2, -0.15) is 0 Å². The first-order valence-corrected chi connectivity index (χ1v) is 6.37. The summed E-state index contributed by atoms with van der Waals surface area (Å²) in [4.78, 5) is 12.0. The number of amides is 1. The summed E-state index contributed by atoms with van der Waals surface area (Å²) in [6, 6.07) is 11.6. The molecule has 2 N–H and O–H groups in total. The zero-order chi connectivity index (χ0) is 14.5. The van der Waals surface area contributed by atoms with Crippen LogP contribution in [0.3, 0.4) is 0 Å². The van der Waals surface area contributed by atoms with Gasteiger partial charge < -0.3 is 10.4 Å². The van der Waals surface area contributed by atoms with Crippen molar-refractivity contribution in [1.29, 1.82) is 0 Å². The molecule has 0 aliphatic carbocycles. The Morgan fingerprint density at radius 1 is 1.20 bits per heavy atom. The van der Waals surface area contributed by atoms with E-state index in [2.05, 4.69) is 5.32 Å². The molecule has 2 aromatic rings.